The first-order valence-electron chi connectivity index (χ1n) is 10.1. The van der Waals surface area contributed by atoms with E-state index in [1.54, 1.807) is 10.8 Å². The number of aliphatic hydroxyl groups excluding tert-OH is 1. The lowest BCUT2D eigenvalue weighted by Gasteiger charge is -2.39. The number of nitrogens with zero attached hydrogens (tertiary/aromatic N) is 2. The summed E-state index contributed by atoms with van der Waals surface area (Å²) < 4.78 is 19.8. The monoisotopic (exact) mass is 408 g/mol. The average molecular weight is 408 g/mol. The maximum Gasteiger partial charge on any atom is 0.199 e. The highest BCUT2D eigenvalue weighted by Crippen LogP contribution is 2.46. The summed E-state index contributed by atoms with van der Waals surface area (Å²) in [7, 11) is 1.86. The number of aryl methyl sites for hydroxylation is 1. The molecule has 0 bridgehead atoms. The molecule has 0 saturated carbocycles. The summed E-state index contributed by atoms with van der Waals surface area (Å²) in [5, 5.41) is 10.5. The lowest BCUT2D eigenvalue weighted by atomic mass is 9.81. The van der Waals surface area contributed by atoms with Crippen molar-refractivity contribution in [2.45, 2.75) is 32.7 Å². The minimum Gasteiger partial charge on any atom is -0.457 e. The van der Waals surface area contributed by atoms with Crippen molar-refractivity contribution in [3.05, 3.63) is 77.9 Å². The van der Waals surface area contributed by atoms with Crippen LogP contribution in [0, 0.1) is 5.41 Å². The van der Waals surface area contributed by atoms with Crippen LogP contribution in [-0.4, -0.2) is 27.9 Å². The van der Waals surface area contributed by atoms with Gasteiger partial charge in [-0.2, -0.15) is 0 Å². The summed E-state index contributed by atoms with van der Waals surface area (Å²) in [4.78, 5) is 4.21. The van der Waals surface area contributed by atoms with Crippen LogP contribution >= 0.6 is 0 Å². The van der Waals surface area contributed by atoms with E-state index in [0.29, 0.717) is 24.8 Å². The highest BCUT2D eigenvalue weighted by molar-refractivity contribution is 5.37. The molecule has 4 rings (SSSR count). The molecule has 1 aliphatic rings. The molecule has 0 aliphatic carbocycles. The smallest absolute Gasteiger partial charge is 0.199 e. The minimum atomic E-state index is -0.779. The van der Waals surface area contributed by atoms with E-state index < -0.39 is 11.9 Å². The normalized spacial score (nSPS) is 17.1. The van der Waals surface area contributed by atoms with Gasteiger partial charge in [0.05, 0.1) is 13.2 Å². The minimum absolute atomic E-state index is 0.199. The number of imidazole rings is 1. The van der Waals surface area contributed by atoms with Crippen molar-refractivity contribution in [1.82, 2.24) is 9.55 Å². The summed E-state index contributed by atoms with van der Waals surface area (Å²) in [6, 6.07) is 15.2. The third kappa shape index (κ3) is 3.74. The van der Waals surface area contributed by atoms with Crippen molar-refractivity contribution in [3.63, 3.8) is 0 Å². The van der Waals surface area contributed by atoms with E-state index in [1.165, 1.54) is 0 Å². The van der Waals surface area contributed by atoms with Gasteiger partial charge in [0.1, 0.15) is 23.4 Å². The Balaban J connectivity index is 1.48. The molecule has 3 aromatic rings. The molecule has 158 valence electrons. The molecule has 0 amide bonds. The first-order chi connectivity index (χ1) is 14.3. The van der Waals surface area contributed by atoms with Gasteiger partial charge in [-0.15, -0.1) is 0 Å². The number of aliphatic hydroxyl groups is 1. The standard InChI is InChI=1S/C24H28N2O4/c1-23(2,3)24(28-15-16-29-24)18-7-11-20(12-8-18)30-19-9-5-17(6-10-19)21(27)22-25-13-14-26(22)4/h5-14,21,27H,15-16H2,1-4H3. The molecule has 0 radical (unpaired) electrons. The summed E-state index contributed by atoms with van der Waals surface area (Å²) in [6.07, 6.45) is 2.70. The van der Waals surface area contributed by atoms with Crippen molar-refractivity contribution in [2.75, 3.05) is 13.2 Å². The van der Waals surface area contributed by atoms with Crippen molar-refractivity contribution in [1.29, 1.82) is 0 Å². The van der Waals surface area contributed by atoms with Crippen LogP contribution in [0.3, 0.4) is 0 Å². The number of ether oxygens (including phenoxy) is 3. The average Bonchev–Trinajstić information content (AvgIpc) is 3.38. The Bertz CT molecular complexity index is 981. The molecule has 30 heavy (non-hydrogen) atoms. The van der Waals surface area contributed by atoms with Gasteiger partial charge in [0, 0.05) is 30.4 Å². The lowest BCUT2D eigenvalue weighted by molar-refractivity contribution is -0.232. The summed E-state index contributed by atoms with van der Waals surface area (Å²) in [5.41, 5.74) is 1.54. The fourth-order valence-electron chi connectivity index (χ4n) is 3.83. The third-order valence-electron chi connectivity index (χ3n) is 5.45. The zero-order valence-corrected chi connectivity index (χ0v) is 17.8. The lowest BCUT2D eigenvalue weighted by Crippen LogP contribution is -2.41. The van der Waals surface area contributed by atoms with Gasteiger partial charge in [-0.3, -0.25) is 0 Å². The Morgan fingerprint density at radius 1 is 1.00 bits per heavy atom. The van der Waals surface area contributed by atoms with E-state index in [-0.39, 0.29) is 5.41 Å². The van der Waals surface area contributed by atoms with Gasteiger partial charge < -0.3 is 23.9 Å². The predicted octanol–water partition coefficient (Wildman–Crippen LogP) is 4.54. The zero-order chi connectivity index (χ0) is 21.4. The van der Waals surface area contributed by atoms with E-state index in [1.807, 2.05) is 61.8 Å². The van der Waals surface area contributed by atoms with Crippen LogP contribution in [0.2, 0.25) is 0 Å². The Kier molecular flexibility index (Phi) is 5.40. The number of hydrogen-bond acceptors (Lipinski definition) is 5. The second-order valence-electron chi connectivity index (χ2n) is 8.56. The molecule has 1 aromatic heterocycles. The van der Waals surface area contributed by atoms with Crippen LogP contribution in [0.25, 0.3) is 0 Å². The molecule has 1 fully saturated rings. The number of rotatable bonds is 5. The van der Waals surface area contributed by atoms with E-state index in [9.17, 15) is 5.11 Å². The summed E-state index contributed by atoms with van der Waals surface area (Å²) in [6.45, 7) is 7.52. The second kappa shape index (κ2) is 7.87. The zero-order valence-electron chi connectivity index (χ0n) is 17.8. The van der Waals surface area contributed by atoms with E-state index in [0.717, 1.165) is 16.9 Å². The molecule has 1 saturated heterocycles. The maximum absolute atomic E-state index is 10.5. The van der Waals surface area contributed by atoms with Crippen LogP contribution in [0.5, 0.6) is 11.5 Å². The fourth-order valence-corrected chi connectivity index (χ4v) is 3.83. The van der Waals surface area contributed by atoms with Gasteiger partial charge in [0.25, 0.3) is 0 Å². The van der Waals surface area contributed by atoms with Gasteiger partial charge in [-0.25, -0.2) is 4.98 Å². The molecule has 2 heterocycles. The highest BCUT2D eigenvalue weighted by atomic mass is 16.7. The van der Waals surface area contributed by atoms with Crippen LogP contribution in [0.4, 0.5) is 0 Å². The Morgan fingerprint density at radius 2 is 1.57 bits per heavy atom. The van der Waals surface area contributed by atoms with E-state index >= 15 is 0 Å². The van der Waals surface area contributed by atoms with Crippen molar-refractivity contribution in [3.8, 4) is 11.5 Å². The quantitative estimate of drug-likeness (QED) is 0.671. The molecule has 6 nitrogen and oxygen atoms in total. The van der Waals surface area contributed by atoms with Gasteiger partial charge in [0.2, 0.25) is 0 Å². The van der Waals surface area contributed by atoms with Crippen LogP contribution in [-0.2, 0) is 22.3 Å². The Morgan fingerprint density at radius 3 is 2.07 bits per heavy atom. The van der Waals surface area contributed by atoms with Crippen molar-refractivity contribution in [2.24, 2.45) is 12.5 Å². The molecule has 1 N–H and O–H groups in total. The molecule has 0 spiro atoms. The predicted molar refractivity (Wildman–Crippen MR) is 113 cm³/mol. The van der Waals surface area contributed by atoms with E-state index in [2.05, 4.69) is 25.8 Å². The number of hydrogen-bond donors (Lipinski definition) is 1. The topological polar surface area (TPSA) is 65.7 Å². The first-order valence-corrected chi connectivity index (χ1v) is 10.1. The summed E-state index contributed by atoms with van der Waals surface area (Å²) in [5.74, 6) is 1.27. The molecule has 1 atom stereocenters. The van der Waals surface area contributed by atoms with Crippen LogP contribution in [0.15, 0.2) is 60.9 Å². The van der Waals surface area contributed by atoms with Gasteiger partial charge in [0.15, 0.2) is 5.79 Å². The molecule has 2 aromatic carbocycles. The summed E-state index contributed by atoms with van der Waals surface area (Å²) >= 11 is 0. The number of benzene rings is 2. The fraction of sp³-hybridized carbons (Fsp3) is 0.375. The number of aromatic nitrogens is 2. The molecule has 6 heteroatoms. The van der Waals surface area contributed by atoms with Crippen LogP contribution < -0.4 is 4.74 Å². The molecular weight excluding hydrogens is 380 g/mol. The Hall–Kier alpha value is -2.67. The molecular formula is C24H28N2O4. The van der Waals surface area contributed by atoms with Gasteiger partial charge in [-0.1, -0.05) is 32.9 Å². The maximum atomic E-state index is 10.5. The van der Waals surface area contributed by atoms with Gasteiger partial charge in [-0.05, 0) is 42.0 Å². The molecule has 1 unspecified atom stereocenters. The largest absolute Gasteiger partial charge is 0.457 e. The van der Waals surface area contributed by atoms with E-state index in [4.69, 9.17) is 14.2 Å². The van der Waals surface area contributed by atoms with Crippen LogP contribution in [0.1, 0.15) is 43.8 Å². The van der Waals surface area contributed by atoms with Gasteiger partial charge >= 0.3 is 0 Å². The van der Waals surface area contributed by atoms with Crippen molar-refractivity contribution < 1.29 is 19.3 Å². The third-order valence-corrected chi connectivity index (χ3v) is 5.45. The molecule has 1 aliphatic heterocycles. The second-order valence-corrected chi connectivity index (χ2v) is 8.56. The Labute approximate surface area is 177 Å². The highest BCUT2D eigenvalue weighted by Gasteiger charge is 2.48. The first kappa shape index (κ1) is 20.6. The SMILES string of the molecule is Cn1ccnc1C(O)c1ccc(Oc2ccc(C3(C(C)(C)C)OCCO3)cc2)cc1. The van der Waals surface area contributed by atoms with Crippen molar-refractivity contribution >= 4 is 0 Å².